The summed E-state index contributed by atoms with van der Waals surface area (Å²) in [6.07, 6.45) is 4.35. The van der Waals surface area contributed by atoms with Gasteiger partial charge in [-0.25, -0.2) is 0 Å². The maximum absolute atomic E-state index is 6.25. The number of rotatable bonds is 7. The molecular formula is C18H21Cl2N. The second kappa shape index (κ2) is 8.43. The molecule has 2 aromatic rings. The molecule has 0 bridgehead atoms. The molecule has 0 saturated carbocycles. The number of likely N-dealkylation sites (N-methyl/N-ethyl adjacent to an activating group) is 1. The van der Waals surface area contributed by atoms with Crippen LogP contribution in [0.2, 0.25) is 10.0 Å². The molecule has 0 heterocycles. The summed E-state index contributed by atoms with van der Waals surface area (Å²) in [5, 5.41) is 4.83. The smallest absolute Gasteiger partial charge is 0.0453 e. The number of halogens is 2. The van der Waals surface area contributed by atoms with Crippen LogP contribution in [0.3, 0.4) is 0 Å². The molecule has 0 aliphatic carbocycles. The molecule has 1 nitrogen and oxygen atoms in total. The lowest BCUT2D eigenvalue weighted by Crippen LogP contribution is -2.27. The molecule has 1 unspecified atom stereocenters. The summed E-state index contributed by atoms with van der Waals surface area (Å²) < 4.78 is 0. The van der Waals surface area contributed by atoms with Gasteiger partial charge in [0.15, 0.2) is 0 Å². The minimum Gasteiger partial charge on any atom is -0.317 e. The molecule has 0 radical (unpaired) electrons. The standard InChI is InChI=1S/C18H21Cl2N/c1-21-17(9-5-8-14-6-3-2-4-7-14)12-15-10-11-16(19)13-18(15)20/h2-4,6-7,10-11,13,17,21H,5,8-9,12H2,1H3. The van der Waals surface area contributed by atoms with E-state index in [-0.39, 0.29) is 0 Å². The van der Waals surface area contributed by atoms with Gasteiger partial charge in [0.1, 0.15) is 0 Å². The van der Waals surface area contributed by atoms with E-state index in [0.29, 0.717) is 11.1 Å². The van der Waals surface area contributed by atoms with Crippen molar-refractivity contribution in [3.63, 3.8) is 0 Å². The third-order valence-electron chi connectivity index (χ3n) is 3.75. The lowest BCUT2D eigenvalue weighted by Gasteiger charge is -2.17. The zero-order valence-electron chi connectivity index (χ0n) is 12.3. The van der Waals surface area contributed by atoms with Crippen LogP contribution < -0.4 is 5.32 Å². The van der Waals surface area contributed by atoms with Gasteiger partial charge in [0.05, 0.1) is 0 Å². The average molecular weight is 322 g/mol. The van der Waals surface area contributed by atoms with Gasteiger partial charge in [-0.1, -0.05) is 59.6 Å². The monoisotopic (exact) mass is 321 g/mol. The molecule has 3 heteroatoms. The van der Waals surface area contributed by atoms with Crippen molar-refractivity contribution in [2.24, 2.45) is 0 Å². The average Bonchev–Trinajstić information content (AvgIpc) is 2.49. The third kappa shape index (κ3) is 5.35. The molecule has 112 valence electrons. The molecule has 0 spiro atoms. The SMILES string of the molecule is CNC(CCCc1ccccc1)Cc1ccc(Cl)cc1Cl. The van der Waals surface area contributed by atoms with Crippen molar-refractivity contribution in [1.29, 1.82) is 0 Å². The molecule has 2 aromatic carbocycles. The van der Waals surface area contributed by atoms with E-state index in [1.165, 1.54) is 12.0 Å². The van der Waals surface area contributed by atoms with Crippen molar-refractivity contribution in [1.82, 2.24) is 5.32 Å². The van der Waals surface area contributed by atoms with Crippen LogP contribution >= 0.6 is 23.2 Å². The van der Waals surface area contributed by atoms with E-state index in [4.69, 9.17) is 23.2 Å². The van der Waals surface area contributed by atoms with E-state index >= 15 is 0 Å². The Kier molecular flexibility index (Phi) is 6.56. The summed E-state index contributed by atoms with van der Waals surface area (Å²) in [6.45, 7) is 0. The molecule has 0 aromatic heterocycles. The largest absolute Gasteiger partial charge is 0.317 e. The predicted octanol–water partition coefficient (Wildman–Crippen LogP) is 5.15. The molecule has 21 heavy (non-hydrogen) atoms. The van der Waals surface area contributed by atoms with E-state index in [1.54, 1.807) is 0 Å². The Morgan fingerprint density at radius 1 is 1.05 bits per heavy atom. The van der Waals surface area contributed by atoms with Gasteiger partial charge < -0.3 is 5.32 Å². The van der Waals surface area contributed by atoms with Gasteiger partial charge in [-0.3, -0.25) is 0 Å². The fourth-order valence-corrected chi connectivity index (χ4v) is 2.98. The summed E-state index contributed by atoms with van der Waals surface area (Å²) in [7, 11) is 2.01. The molecule has 1 N–H and O–H groups in total. The van der Waals surface area contributed by atoms with Crippen LogP contribution in [-0.2, 0) is 12.8 Å². The van der Waals surface area contributed by atoms with Gasteiger partial charge in [-0.2, -0.15) is 0 Å². The number of hydrogen-bond acceptors (Lipinski definition) is 1. The van der Waals surface area contributed by atoms with Crippen LogP contribution in [0.5, 0.6) is 0 Å². The van der Waals surface area contributed by atoms with Crippen molar-refractivity contribution >= 4 is 23.2 Å². The zero-order chi connectivity index (χ0) is 15.1. The van der Waals surface area contributed by atoms with E-state index in [2.05, 4.69) is 35.6 Å². The van der Waals surface area contributed by atoms with Crippen molar-refractivity contribution < 1.29 is 0 Å². The number of hydrogen-bond donors (Lipinski definition) is 1. The highest BCUT2D eigenvalue weighted by Gasteiger charge is 2.10. The molecule has 1 atom stereocenters. The van der Waals surface area contributed by atoms with Gasteiger partial charge in [0.25, 0.3) is 0 Å². The van der Waals surface area contributed by atoms with Gasteiger partial charge in [-0.05, 0) is 56.0 Å². The first-order valence-electron chi connectivity index (χ1n) is 7.34. The lowest BCUT2D eigenvalue weighted by molar-refractivity contribution is 0.502. The molecule has 0 fully saturated rings. The molecule has 0 aliphatic rings. The summed E-state index contributed by atoms with van der Waals surface area (Å²) in [5.41, 5.74) is 2.55. The third-order valence-corrected chi connectivity index (χ3v) is 4.34. The Balaban J connectivity index is 1.85. The van der Waals surface area contributed by atoms with Crippen LogP contribution in [0, 0.1) is 0 Å². The summed E-state index contributed by atoms with van der Waals surface area (Å²) in [5.74, 6) is 0. The maximum atomic E-state index is 6.25. The highest BCUT2D eigenvalue weighted by molar-refractivity contribution is 6.35. The number of nitrogens with one attached hydrogen (secondary N) is 1. The second-order valence-corrected chi connectivity index (χ2v) is 6.15. The molecule has 0 saturated heterocycles. The Labute approximate surface area is 137 Å². The first-order chi connectivity index (χ1) is 10.2. The van der Waals surface area contributed by atoms with E-state index in [9.17, 15) is 0 Å². The van der Waals surface area contributed by atoms with Crippen LogP contribution in [0.4, 0.5) is 0 Å². The highest BCUT2D eigenvalue weighted by atomic mass is 35.5. The van der Waals surface area contributed by atoms with Gasteiger partial charge >= 0.3 is 0 Å². The van der Waals surface area contributed by atoms with E-state index in [0.717, 1.165) is 29.8 Å². The van der Waals surface area contributed by atoms with E-state index < -0.39 is 0 Å². The minimum absolute atomic E-state index is 0.437. The number of aryl methyl sites for hydroxylation is 1. The molecule has 0 amide bonds. The Bertz CT molecular complexity index is 554. The summed E-state index contributed by atoms with van der Waals surface area (Å²) in [6, 6.07) is 16.8. The fraction of sp³-hybridized carbons (Fsp3) is 0.333. The first kappa shape index (κ1) is 16.4. The van der Waals surface area contributed by atoms with E-state index in [1.807, 2.05) is 25.2 Å². The van der Waals surface area contributed by atoms with Crippen molar-refractivity contribution in [2.45, 2.75) is 31.7 Å². The Morgan fingerprint density at radius 2 is 1.81 bits per heavy atom. The van der Waals surface area contributed by atoms with Crippen molar-refractivity contribution in [2.75, 3.05) is 7.05 Å². The Hall–Kier alpha value is -1.02. The molecule has 2 rings (SSSR count). The maximum Gasteiger partial charge on any atom is 0.0453 e. The minimum atomic E-state index is 0.437. The van der Waals surface area contributed by atoms with Crippen LogP contribution in [0.25, 0.3) is 0 Å². The summed E-state index contributed by atoms with van der Waals surface area (Å²) >= 11 is 12.2. The highest BCUT2D eigenvalue weighted by Crippen LogP contribution is 2.23. The van der Waals surface area contributed by atoms with Gasteiger partial charge in [0.2, 0.25) is 0 Å². The topological polar surface area (TPSA) is 12.0 Å². The lowest BCUT2D eigenvalue weighted by atomic mass is 9.99. The fourth-order valence-electron chi connectivity index (χ4n) is 2.50. The first-order valence-corrected chi connectivity index (χ1v) is 8.09. The van der Waals surface area contributed by atoms with Gasteiger partial charge in [-0.15, -0.1) is 0 Å². The quantitative estimate of drug-likeness (QED) is 0.743. The second-order valence-electron chi connectivity index (χ2n) is 5.30. The summed E-state index contributed by atoms with van der Waals surface area (Å²) in [4.78, 5) is 0. The van der Waals surface area contributed by atoms with Crippen molar-refractivity contribution in [3.05, 3.63) is 69.7 Å². The number of benzene rings is 2. The van der Waals surface area contributed by atoms with Crippen LogP contribution in [0.1, 0.15) is 24.0 Å². The van der Waals surface area contributed by atoms with Crippen LogP contribution in [-0.4, -0.2) is 13.1 Å². The van der Waals surface area contributed by atoms with Gasteiger partial charge in [0, 0.05) is 16.1 Å². The Morgan fingerprint density at radius 3 is 2.48 bits per heavy atom. The molecular weight excluding hydrogens is 301 g/mol. The normalized spacial score (nSPS) is 12.3. The predicted molar refractivity (Wildman–Crippen MR) is 92.4 cm³/mol. The molecule has 0 aliphatic heterocycles. The zero-order valence-corrected chi connectivity index (χ0v) is 13.8. The van der Waals surface area contributed by atoms with Crippen LogP contribution in [0.15, 0.2) is 48.5 Å². The van der Waals surface area contributed by atoms with Crippen molar-refractivity contribution in [3.8, 4) is 0 Å².